The van der Waals surface area contributed by atoms with Crippen molar-refractivity contribution in [3.8, 4) is 0 Å². The summed E-state index contributed by atoms with van der Waals surface area (Å²) >= 11 is 0. The molecular formula is C15H21N3O4S. The normalized spacial score (nSPS) is 19.2. The smallest absolute Gasteiger partial charge is 0.313 e. The lowest BCUT2D eigenvalue weighted by atomic mass is 10.2. The number of nitrogens with one attached hydrogen (secondary N) is 1. The van der Waals surface area contributed by atoms with Crippen LogP contribution < -0.4 is 10.2 Å². The maximum Gasteiger partial charge on any atom is 0.313 e. The molecule has 0 bridgehead atoms. The minimum Gasteiger partial charge on any atom is -0.378 e. The Bertz CT molecular complexity index is 715. The van der Waals surface area contributed by atoms with Crippen LogP contribution in [-0.4, -0.2) is 63.8 Å². The molecule has 2 amide bonds. The van der Waals surface area contributed by atoms with E-state index in [1.807, 2.05) is 25.1 Å². The lowest BCUT2D eigenvalue weighted by molar-refractivity contribution is -0.143. The van der Waals surface area contributed by atoms with Gasteiger partial charge in [0, 0.05) is 38.6 Å². The largest absolute Gasteiger partial charge is 0.378 e. The summed E-state index contributed by atoms with van der Waals surface area (Å²) in [6, 6.07) is 6.67. The molecule has 1 atom stereocenters. The first-order valence-corrected chi connectivity index (χ1v) is 9.08. The number of nitrogens with zero attached hydrogens (tertiary/aromatic N) is 2. The van der Waals surface area contributed by atoms with Crippen molar-refractivity contribution in [2.24, 2.45) is 0 Å². The van der Waals surface area contributed by atoms with E-state index in [4.69, 9.17) is 0 Å². The zero-order valence-electron chi connectivity index (χ0n) is 13.4. The van der Waals surface area contributed by atoms with Gasteiger partial charge in [-0.2, -0.15) is 0 Å². The van der Waals surface area contributed by atoms with Crippen LogP contribution in [0.1, 0.15) is 6.42 Å². The third kappa shape index (κ3) is 4.22. The minimum atomic E-state index is -3.10. The van der Waals surface area contributed by atoms with Crippen molar-refractivity contribution < 1.29 is 18.0 Å². The van der Waals surface area contributed by atoms with Gasteiger partial charge in [0.05, 0.1) is 11.5 Å². The first-order valence-electron chi connectivity index (χ1n) is 7.25. The summed E-state index contributed by atoms with van der Waals surface area (Å²) in [6.45, 7) is 0. The fourth-order valence-corrected chi connectivity index (χ4v) is 4.23. The Labute approximate surface area is 136 Å². The number of sulfone groups is 1. The molecule has 23 heavy (non-hydrogen) atoms. The summed E-state index contributed by atoms with van der Waals surface area (Å²) in [5.41, 5.74) is 1.41. The molecule has 0 saturated carbocycles. The summed E-state index contributed by atoms with van der Waals surface area (Å²) in [7, 11) is 2.11. The fourth-order valence-electron chi connectivity index (χ4n) is 2.45. The number of benzene rings is 1. The van der Waals surface area contributed by atoms with Crippen LogP contribution in [0.25, 0.3) is 0 Å². The highest BCUT2D eigenvalue weighted by Crippen LogP contribution is 2.19. The van der Waals surface area contributed by atoms with E-state index in [1.165, 1.54) is 11.9 Å². The summed E-state index contributed by atoms with van der Waals surface area (Å²) in [5.74, 6) is -1.53. The molecule has 1 aliphatic heterocycles. The molecule has 1 saturated heterocycles. The number of likely N-dealkylation sites (N-methyl/N-ethyl adjacent to an activating group) is 1. The van der Waals surface area contributed by atoms with Crippen molar-refractivity contribution in [3.63, 3.8) is 0 Å². The number of hydrogen-bond donors (Lipinski definition) is 1. The van der Waals surface area contributed by atoms with Crippen LogP contribution in [0.4, 0.5) is 11.4 Å². The van der Waals surface area contributed by atoms with E-state index in [0.29, 0.717) is 12.1 Å². The average Bonchev–Trinajstić information content (AvgIpc) is 2.86. The second-order valence-corrected chi connectivity index (χ2v) is 8.10. The predicted molar refractivity (Wildman–Crippen MR) is 89.2 cm³/mol. The van der Waals surface area contributed by atoms with Crippen molar-refractivity contribution in [2.45, 2.75) is 12.5 Å². The van der Waals surface area contributed by atoms with Gasteiger partial charge in [0.15, 0.2) is 9.84 Å². The number of carbonyl (C=O) groups is 2. The van der Waals surface area contributed by atoms with Crippen LogP contribution in [0, 0.1) is 0 Å². The summed E-state index contributed by atoms with van der Waals surface area (Å²) < 4.78 is 23.0. The van der Waals surface area contributed by atoms with Gasteiger partial charge in [-0.25, -0.2) is 8.42 Å². The van der Waals surface area contributed by atoms with Crippen LogP contribution in [-0.2, 0) is 19.4 Å². The second-order valence-electron chi connectivity index (χ2n) is 5.87. The standard InChI is InChI=1S/C15H21N3O4S/c1-17(2)12-6-4-5-11(9-12)16-14(19)15(20)18(3)13-7-8-23(21,22)10-13/h4-6,9,13H,7-8,10H2,1-3H3,(H,16,19). The Morgan fingerprint density at radius 1 is 1.22 bits per heavy atom. The van der Waals surface area contributed by atoms with Crippen molar-refractivity contribution in [1.29, 1.82) is 0 Å². The second kappa shape index (κ2) is 6.57. The molecule has 1 fully saturated rings. The van der Waals surface area contributed by atoms with E-state index < -0.39 is 27.7 Å². The van der Waals surface area contributed by atoms with Gasteiger partial charge in [-0.15, -0.1) is 0 Å². The van der Waals surface area contributed by atoms with Gasteiger partial charge in [0.2, 0.25) is 0 Å². The Kier molecular flexibility index (Phi) is 4.93. The lowest BCUT2D eigenvalue weighted by Gasteiger charge is -2.22. The SMILES string of the molecule is CN(C)c1cccc(NC(=O)C(=O)N(C)C2CCS(=O)(=O)C2)c1. The van der Waals surface area contributed by atoms with Gasteiger partial charge < -0.3 is 15.1 Å². The highest BCUT2D eigenvalue weighted by molar-refractivity contribution is 7.91. The molecule has 1 N–H and O–H groups in total. The lowest BCUT2D eigenvalue weighted by Crippen LogP contribution is -2.43. The Morgan fingerprint density at radius 2 is 1.91 bits per heavy atom. The maximum atomic E-state index is 12.2. The number of hydrogen-bond acceptors (Lipinski definition) is 5. The van der Waals surface area contributed by atoms with E-state index in [-0.39, 0.29) is 11.5 Å². The van der Waals surface area contributed by atoms with Gasteiger partial charge in [-0.05, 0) is 24.6 Å². The number of rotatable bonds is 3. The molecular weight excluding hydrogens is 318 g/mol. The molecule has 1 heterocycles. The fraction of sp³-hybridized carbons (Fsp3) is 0.467. The van der Waals surface area contributed by atoms with Crippen molar-refractivity contribution in [2.75, 3.05) is 42.9 Å². The van der Waals surface area contributed by atoms with E-state index in [2.05, 4.69) is 5.32 Å². The number of carbonyl (C=O) groups excluding carboxylic acids is 2. The molecule has 126 valence electrons. The highest BCUT2D eigenvalue weighted by Gasteiger charge is 2.34. The Balaban J connectivity index is 2.03. The van der Waals surface area contributed by atoms with Crippen LogP contribution in [0.15, 0.2) is 24.3 Å². The first kappa shape index (κ1) is 17.3. The number of anilines is 2. The molecule has 0 aromatic heterocycles. The molecule has 1 aliphatic rings. The molecule has 0 aliphatic carbocycles. The average molecular weight is 339 g/mol. The van der Waals surface area contributed by atoms with Crippen molar-refractivity contribution in [1.82, 2.24) is 4.90 Å². The summed E-state index contributed by atoms with van der Waals surface area (Å²) in [6.07, 6.45) is 0.369. The number of amides is 2. The van der Waals surface area contributed by atoms with E-state index in [0.717, 1.165) is 5.69 Å². The zero-order chi connectivity index (χ0) is 17.2. The minimum absolute atomic E-state index is 0.0573. The van der Waals surface area contributed by atoms with Crippen LogP contribution in [0.5, 0.6) is 0 Å². The van der Waals surface area contributed by atoms with Crippen LogP contribution in [0.2, 0.25) is 0 Å². The highest BCUT2D eigenvalue weighted by atomic mass is 32.2. The third-order valence-electron chi connectivity index (χ3n) is 3.89. The van der Waals surface area contributed by atoms with Gasteiger partial charge in [0.25, 0.3) is 0 Å². The van der Waals surface area contributed by atoms with Crippen molar-refractivity contribution in [3.05, 3.63) is 24.3 Å². The maximum absolute atomic E-state index is 12.2. The molecule has 8 heteroatoms. The summed E-state index contributed by atoms with van der Waals surface area (Å²) in [4.78, 5) is 27.4. The van der Waals surface area contributed by atoms with Gasteiger partial charge in [0.1, 0.15) is 0 Å². The predicted octanol–water partition coefficient (Wildman–Crippen LogP) is 0.337. The van der Waals surface area contributed by atoms with E-state index in [9.17, 15) is 18.0 Å². The molecule has 2 rings (SSSR count). The Morgan fingerprint density at radius 3 is 2.48 bits per heavy atom. The summed E-state index contributed by atoms with van der Waals surface area (Å²) in [5, 5.41) is 2.56. The molecule has 1 aromatic carbocycles. The van der Waals surface area contributed by atoms with Gasteiger partial charge in [-0.1, -0.05) is 6.07 Å². The van der Waals surface area contributed by atoms with E-state index >= 15 is 0 Å². The topological polar surface area (TPSA) is 86.8 Å². The third-order valence-corrected chi connectivity index (χ3v) is 5.64. The molecule has 1 unspecified atom stereocenters. The van der Waals surface area contributed by atoms with E-state index in [1.54, 1.807) is 18.2 Å². The molecule has 0 radical (unpaired) electrons. The Hall–Kier alpha value is -2.09. The van der Waals surface area contributed by atoms with Gasteiger partial charge >= 0.3 is 11.8 Å². The molecule has 7 nitrogen and oxygen atoms in total. The molecule has 0 spiro atoms. The van der Waals surface area contributed by atoms with Crippen LogP contribution in [0.3, 0.4) is 0 Å². The van der Waals surface area contributed by atoms with Gasteiger partial charge in [-0.3, -0.25) is 9.59 Å². The monoisotopic (exact) mass is 339 g/mol. The zero-order valence-corrected chi connectivity index (χ0v) is 14.3. The van der Waals surface area contributed by atoms with Crippen molar-refractivity contribution >= 4 is 33.0 Å². The first-order chi connectivity index (χ1) is 10.7. The molecule has 1 aromatic rings. The van der Waals surface area contributed by atoms with Crippen LogP contribution >= 0.6 is 0 Å². The quantitative estimate of drug-likeness (QED) is 0.803.